The largest absolute Gasteiger partial charge is 0.482 e. The predicted octanol–water partition coefficient (Wildman–Crippen LogP) is 4.47. The fraction of sp³-hybridized carbons (Fsp3) is 0.222. The van der Waals surface area contributed by atoms with Gasteiger partial charge in [-0.2, -0.15) is 10.1 Å². The number of amides is 2. The van der Waals surface area contributed by atoms with Crippen molar-refractivity contribution in [3.8, 4) is 5.75 Å². The zero-order valence-electron chi connectivity index (χ0n) is 18.6. The van der Waals surface area contributed by atoms with Crippen LogP contribution in [0.3, 0.4) is 0 Å². The van der Waals surface area contributed by atoms with E-state index in [4.69, 9.17) is 4.74 Å². The summed E-state index contributed by atoms with van der Waals surface area (Å²) in [5.74, 6) is -0.939. The number of carbonyl (C=O) groups is 2. The second kappa shape index (κ2) is 8.16. The summed E-state index contributed by atoms with van der Waals surface area (Å²) in [4.78, 5) is 36.8. The highest BCUT2D eigenvalue weighted by molar-refractivity contribution is 6.06. The van der Waals surface area contributed by atoms with Crippen LogP contribution < -0.4 is 4.74 Å². The lowest BCUT2D eigenvalue weighted by atomic mass is 9.85. The summed E-state index contributed by atoms with van der Waals surface area (Å²) in [6.07, 6.45) is 6.19. The van der Waals surface area contributed by atoms with E-state index in [2.05, 4.69) is 5.10 Å². The van der Waals surface area contributed by atoms with Gasteiger partial charge in [-0.3, -0.25) is 19.7 Å². The summed E-state index contributed by atoms with van der Waals surface area (Å²) in [7, 11) is 0. The van der Waals surface area contributed by atoms with Gasteiger partial charge in [0, 0.05) is 11.6 Å². The molecule has 1 saturated carbocycles. The van der Waals surface area contributed by atoms with Crippen LogP contribution in [0, 0.1) is 33.8 Å². The Hall–Kier alpha value is -4.33. The van der Waals surface area contributed by atoms with Crippen LogP contribution in [-0.2, 0) is 16.2 Å². The molecule has 1 aliphatic heterocycles. The van der Waals surface area contributed by atoms with Gasteiger partial charge in [0.1, 0.15) is 6.61 Å². The van der Waals surface area contributed by atoms with Crippen molar-refractivity contribution in [3.63, 3.8) is 0 Å². The van der Waals surface area contributed by atoms with Gasteiger partial charge < -0.3 is 4.74 Å². The van der Waals surface area contributed by atoms with E-state index in [1.807, 2.05) is 54.6 Å². The molecule has 8 nitrogen and oxygen atoms in total. The molecule has 2 bridgehead atoms. The Morgan fingerprint density at radius 3 is 2.46 bits per heavy atom. The molecule has 0 spiro atoms. The fourth-order valence-corrected chi connectivity index (χ4v) is 5.58. The maximum Gasteiger partial charge on any atom is 0.311 e. The van der Waals surface area contributed by atoms with Gasteiger partial charge in [0.2, 0.25) is 0 Å². The van der Waals surface area contributed by atoms with Gasteiger partial charge >= 0.3 is 5.69 Å². The maximum absolute atomic E-state index is 12.8. The maximum atomic E-state index is 12.8. The molecule has 2 aliphatic carbocycles. The number of allylic oxidation sites excluding steroid dienone is 2. The molecule has 8 heteroatoms. The first kappa shape index (κ1) is 21.2. The summed E-state index contributed by atoms with van der Waals surface area (Å²) in [6.45, 7) is 0.172. The van der Waals surface area contributed by atoms with Crippen LogP contribution in [0.4, 0.5) is 5.69 Å². The van der Waals surface area contributed by atoms with Crippen molar-refractivity contribution in [1.82, 2.24) is 5.01 Å². The number of carbonyl (C=O) groups excluding carboxylic acids is 2. The number of benzene rings is 3. The van der Waals surface area contributed by atoms with Crippen LogP contribution in [0.2, 0.25) is 0 Å². The third-order valence-corrected chi connectivity index (χ3v) is 7.21. The first-order valence-electron chi connectivity index (χ1n) is 11.5. The average molecular weight is 467 g/mol. The standard InChI is InChI=1S/C27H21N3O5/c31-26-24-18-9-10-19(13-18)25(24)27(32)29(26)28-14-16-8-11-23(22(12-16)30(33)34)35-15-20-6-3-5-17-4-1-2-7-21(17)20/h1-12,14,18-19,24-25H,13,15H2. The summed E-state index contributed by atoms with van der Waals surface area (Å²) < 4.78 is 5.83. The molecule has 6 rings (SSSR count). The summed E-state index contributed by atoms with van der Waals surface area (Å²) in [5, 5.41) is 18.9. The molecule has 3 aromatic rings. The van der Waals surface area contributed by atoms with E-state index in [1.165, 1.54) is 18.3 Å². The topological polar surface area (TPSA) is 102 Å². The van der Waals surface area contributed by atoms with Crippen molar-refractivity contribution in [2.75, 3.05) is 0 Å². The molecule has 2 fully saturated rings. The van der Waals surface area contributed by atoms with Crippen LogP contribution in [0.25, 0.3) is 10.8 Å². The highest BCUT2D eigenvalue weighted by atomic mass is 16.6. The van der Waals surface area contributed by atoms with Crippen LogP contribution in [-0.4, -0.2) is 28.0 Å². The van der Waals surface area contributed by atoms with Gasteiger partial charge in [-0.15, -0.1) is 0 Å². The normalized spacial score (nSPS) is 24.6. The lowest BCUT2D eigenvalue weighted by Crippen LogP contribution is -2.28. The van der Waals surface area contributed by atoms with Crippen LogP contribution >= 0.6 is 0 Å². The molecule has 4 atom stereocenters. The first-order valence-corrected chi connectivity index (χ1v) is 11.5. The molecule has 1 heterocycles. The molecule has 0 radical (unpaired) electrons. The monoisotopic (exact) mass is 467 g/mol. The van der Waals surface area contributed by atoms with E-state index in [1.54, 1.807) is 6.07 Å². The molecule has 174 valence electrons. The number of hydrazone groups is 1. The van der Waals surface area contributed by atoms with Crippen molar-refractivity contribution in [2.45, 2.75) is 13.0 Å². The van der Waals surface area contributed by atoms with Crippen LogP contribution in [0.1, 0.15) is 17.5 Å². The van der Waals surface area contributed by atoms with Gasteiger partial charge in [-0.05, 0) is 46.7 Å². The van der Waals surface area contributed by atoms with Gasteiger partial charge in [0.25, 0.3) is 11.8 Å². The van der Waals surface area contributed by atoms with E-state index >= 15 is 0 Å². The number of nitro benzene ring substituents is 1. The molecule has 1 saturated heterocycles. The van der Waals surface area contributed by atoms with E-state index in [0.29, 0.717) is 5.56 Å². The minimum absolute atomic E-state index is 0.0981. The molecule has 0 aromatic heterocycles. The Morgan fingerprint density at radius 1 is 1.00 bits per heavy atom. The van der Waals surface area contributed by atoms with Gasteiger partial charge in [-0.25, -0.2) is 0 Å². The number of ether oxygens (including phenoxy) is 1. The number of nitrogens with zero attached hydrogens (tertiary/aromatic N) is 3. The molecular weight excluding hydrogens is 446 g/mol. The van der Waals surface area contributed by atoms with E-state index < -0.39 is 4.92 Å². The Balaban J connectivity index is 1.21. The van der Waals surface area contributed by atoms with Gasteiger partial charge in [-0.1, -0.05) is 54.6 Å². The van der Waals surface area contributed by atoms with E-state index in [-0.39, 0.29) is 53.5 Å². The van der Waals surface area contributed by atoms with Gasteiger partial charge in [0.15, 0.2) is 5.75 Å². The van der Waals surface area contributed by atoms with Crippen molar-refractivity contribution >= 4 is 34.5 Å². The number of nitro groups is 1. The molecule has 3 aliphatic rings. The molecule has 3 aromatic carbocycles. The zero-order chi connectivity index (χ0) is 24.1. The van der Waals surface area contributed by atoms with Crippen molar-refractivity contribution < 1.29 is 19.2 Å². The van der Waals surface area contributed by atoms with Crippen LogP contribution in [0.5, 0.6) is 5.75 Å². The minimum atomic E-state index is -0.518. The second-order valence-corrected chi connectivity index (χ2v) is 9.14. The molecule has 4 unspecified atom stereocenters. The minimum Gasteiger partial charge on any atom is -0.482 e. The third-order valence-electron chi connectivity index (χ3n) is 7.21. The average Bonchev–Trinajstić information content (AvgIpc) is 3.55. The summed E-state index contributed by atoms with van der Waals surface area (Å²) >= 11 is 0. The third kappa shape index (κ3) is 3.49. The van der Waals surface area contributed by atoms with Crippen molar-refractivity contribution in [3.05, 3.63) is 94.1 Å². The molecule has 35 heavy (non-hydrogen) atoms. The molecule has 0 N–H and O–H groups in total. The first-order chi connectivity index (χ1) is 17.0. The Labute approximate surface area is 200 Å². The van der Waals surface area contributed by atoms with E-state index in [9.17, 15) is 19.7 Å². The number of hydrogen-bond donors (Lipinski definition) is 0. The molecular formula is C27H21N3O5. The number of imide groups is 1. The van der Waals surface area contributed by atoms with E-state index in [0.717, 1.165) is 27.8 Å². The number of hydrogen-bond acceptors (Lipinski definition) is 6. The Morgan fingerprint density at radius 2 is 1.71 bits per heavy atom. The Kier molecular flexibility index (Phi) is 4.95. The SMILES string of the molecule is O=C1C2C3C=CC(C3)C2C(=O)N1N=Cc1ccc(OCc2cccc3ccccc23)c([N+](=O)[O-])c1. The number of fused-ring (bicyclic) bond motifs is 6. The predicted molar refractivity (Wildman–Crippen MR) is 129 cm³/mol. The van der Waals surface area contributed by atoms with Crippen molar-refractivity contribution in [2.24, 2.45) is 28.8 Å². The lowest BCUT2D eigenvalue weighted by Gasteiger charge is -2.13. The highest BCUT2D eigenvalue weighted by Crippen LogP contribution is 2.52. The molecule has 2 amide bonds. The fourth-order valence-electron chi connectivity index (χ4n) is 5.58. The summed E-state index contributed by atoms with van der Waals surface area (Å²) in [6, 6.07) is 18.2. The number of rotatable bonds is 6. The van der Waals surface area contributed by atoms with Crippen molar-refractivity contribution in [1.29, 1.82) is 0 Å². The highest BCUT2D eigenvalue weighted by Gasteiger charge is 2.59. The smallest absolute Gasteiger partial charge is 0.311 e. The lowest BCUT2D eigenvalue weighted by molar-refractivity contribution is -0.385. The second-order valence-electron chi connectivity index (χ2n) is 9.14. The quantitative estimate of drug-likeness (QED) is 0.175. The zero-order valence-corrected chi connectivity index (χ0v) is 18.6. The van der Waals surface area contributed by atoms with Gasteiger partial charge in [0.05, 0.1) is 23.0 Å². The van der Waals surface area contributed by atoms with Crippen LogP contribution in [0.15, 0.2) is 77.9 Å². The summed E-state index contributed by atoms with van der Waals surface area (Å²) in [5.41, 5.74) is 1.10. The Bertz CT molecular complexity index is 1410.